The molecule has 7 nitrogen and oxygen atoms in total. The Morgan fingerprint density at radius 3 is 2.27 bits per heavy atom. The zero-order valence-corrected chi connectivity index (χ0v) is 31.7. The maximum absolute atomic E-state index is 13.2. The predicted molar refractivity (Wildman–Crippen MR) is 222 cm³/mol. The number of carbonyl (C=O) groups excluding carboxylic acids is 3. The average molecular weight is 743 g/mol. The number of unbranched alkanes of at least 4 members (excludes halogenated alkanes) is 2. The minimum absolute atomic E-state index is 0.0365. The number of phenolic OH excluding ortho intramolecular Hbond substituents is 1. The lowest BCUT2D eigenvalue weighted by atomic mass is 9.88. The highest BCUT2D eigenvalue weighted by molar-refractivity contribution is 6.07. The Balaban J connectivity index is 0.849. The summed E-state index contributed by atoms with van der Waals surface area (Å²) in [6.45, 7) is 3.23. The van der Waals surface area contributed by atoms with Crippen molar-refractivity contribution in [3.63, 3.8) is 0 Å². The fraction of sp³-hybridized carbons (Fsp3) is 0.245. The SMILES string of the molecule is CC/C(=C(\c1ccc(O)cc1)c1ccc(OCCCCCc2cc3cc(-c4ccc5c(c4)CN(C4CCC(=O)CC4=O)C5=O)ccc3[nH]2)cc1)c1ccccc1. The first-order chi connectivity index (χ1) is 27.3. The van der Waals surface area contributed by atoms with Gasteiger partial charge in [0.15, 0.2) is 5.78 Å². The van der Waals surface area contributed by atoms with Gasteiger partial charge in [-0.3, -0.25) is 14.4 Å². The standard InChI is InChI=1S/C49H46N2O5/c1-2-43(32-9-5-3-6-10-32)48(33-12-18-40(52)19-13-33)34-14-21-42(22-15-34)56-26-8-4-7-11-39-29-37-27-36(17-24-45(37)50-39)35-16-23-44-38(28-35)31-51(49(44)55)46-25-20-41(53)30-47(46)54/h3,5-6,9-10,12-19,21-24,27-29,46,50,52H,2,4,7-8,11,20,25-26,30-31H2,1H3/b48-43-. The van der Waals surface area contributed by atoms with Crippen LogP contribution in [0, 0.1) is 0 Å². The van der Waals surface area contributed by atoms with E-state index in [4.69, 9.17) is 4.74 Å². The van der Waals surface area contributed by atoms with Gasteiger partial charge in [0.1, 0.15) is 17.3 Å². The zero-order valence-electron chi connectivity index (χ0n) is 31.7. The number of hydrogen-bond acceptors (Lipinski definition) is 5. The first kappa shape index (κ1) is 36.8. The average Bonchev–Trinajstić information content (AvgIpc) is 3.78. The van der Waals surface area contributed by atoms with E-state index in [1.165, 1.54) is 16.8 Å². The van der Waals surface area contributed by atoms with E-state index in [1.54, 1.807) is 17.0 Å². The van der Waals surface area contributed by atoms with E-state index in [-0.39, 0.29) is 29.6 Å². The highest BCUT2D eigenvalue weighted by Gasteiger charge is 2.39. The van der Waals surface area contributed by atoms with Crippen molar-refractivity contribution >= 4 is 39.5 Å². The number of phenols is 1. The number of aromatic hydroxyl groups is 1. The molecule has 1 unspecified atom stereocenters. The zero-order chi connectivity index (χ0) is 38.6. The van der Waals surface area contributed by atoms with Gasteiger partial charge < -0.3 is 19.7 Å². The van der Waals surface area contributed by atoms with E-state index >= 15 is 0 Å². The number of ether oxygens (including phenoxy) is 1. The van der Waals surface area contributed by atoms with Crippen LogP contribution in [0.1, 0.15) is 90.2 Å². The van der Waals surface area contributed by atoms with Gasteiger partial charge in [-0.15, -0.1) is 0 Å². The topological polar surface area (TPSA) is 99.7 Å². The molecule has 56 heavy (non-hydrogen) atoms. The lowest BCUT2D eigenvalue weighted by Crippen LogP contribution is -2.44. The van der Waals surface area contributed by atoms with Gasteiger partial charge in [0.2, 0.25) is 0 Å². The molecule has 1 saturated carbocycles. The van der Waals surface area contributed by atoms with Crippen molar-refractivity contribution in [1.29, 1.82) is 0 Å². The third-order valence-corrected chi connectivity index (χ3v) is 11.2. The molecule has 8 rings (SSSR count). The van der Waals surface area contributed by atoms with Gasteiger partial charge in [0.05, 0.1) is 19.1 Å². The van der Waals surface area contributed by atoms with Crippen LogP contribution >= 0.6 is 0 Å². The molecule has 0 radical (unpaired) electrons. The monoisotopic (exact) mass is 742 g/mol. The van der Waals surface area contributed by atoms with E-state index < -0.39 is 6.04 Å². The van der Waals surface area contributed by atoms with Gasteiger partial charge in [-0.05, 0) is 138 Å². The van der Waals surface area contributed by atoms with Crippen molar-refractivity contribution in [2.45, 2.75) is 70.9 Å². The van der Waals surface area contributed by atoms with Crippen LogP contribution < -0.4 is 4.74 Å². The number of aromatic amines is 1. The molecule has 6 aromatic rings. The van der Waals surface area contributed by atoms with Gasteiger partial charge in [0.25, 0.3) is 5.91 Å². The summed E-state index contributed by atoms with van der Waals surface area (Å²) in [6.07, 6.45) is 5.58. The number of benzene rings is 5. The third-order valence-electron chi connectivity index (χ3n) is 11.2. The maximum atomic E-state index is 13.2. The lowest BCUT2D eigenvalue weighted by molar-refractivity contribution is -0.133. The molecule has 282 valence electrons. The molecular weight excluding hydrogens is 697 g/mol. The number of rotatable bonds is 13. The summed E-state index contributed by atoms with van der Waals surface area (Å²) in [4.78, 5) is 42.7. The maximum Gasteiger partial charge on any atom is 0.255 e. The summed E-state index contributed by atoms with van der Waals surface area (Å²) in [5.41, 5.74) is 11.8. The Morgan fingerprint density at radius 2 is 1.52 bits per heavy atom. The molecule has 0 spiro atoms. The molecule has 5 aromatic carbocycles. The fourth-order valence-electron chi connectivity index (χ4n) is 8.28. The quantitative estimate of drug-likeness (QED) is 0.0697. The minimum Gasteiger partial charge on any atom is -0.508 e. The molecule has 1 fully saturated rings. The Labute approximate surface area is 327 Å². The number of ketones is 2. The first-order valence-electron chi connectivity index (χ1n) is 19.8. The van der Waals surface area contributed by atoms with Crippen molar-refractivity contribution in [2.24, 2.45) is 0 Å². The van der Waals surface area contributed by atoms with Crippen LogP contribution in [0.3, 0.4) is 0 Å². The van der Waals surface area contributed by atoms with E-state index in [2.05, 4.69) is 78.6 Å². The van der Waals surface area contributed by atoms with Crippen LogP contribution in [-0.4, -0.2) is 45.1 Å². The normalized spacial score (nSPS) is 16.0. The summed E-state index contributed by atoms with van der Waals surface area (Å²) < 4.78 is 6.16. The van der Waals surface area contributed by atoms with Gasteiger partial charge in [-0.2, -0.15) is 0 Å². The number of fused-ring (bicyclic) bond motifs is 2. The smallest absolute Gasteiger partial charge is 0.255 e. The number of nitrogens with zero attached hydrogens (tertiary/aromatic N) is 1. The van der Waals surface area contributed by atoms with Gasteiger partial charge in [-0.1, -0.05) is 73.7 Å². The van der Waals surface area contributed by atoms with E-state index in [0.717, 1.165) is 82.1 Å². The molecule has 1 aliphatic heterocycles. The number of Topliss-reactive ketones (excluding diaryl/α,β-unsaturated/α-hetero) is 2. The number of aromatic nitrogens is 1. The molecule has 1 aromatic heterocycles. The van der Waals surface area contributed by atoms with Crippen molar-refractivity contribution in [1.82, 2.24) is 9.88 Å². The van der Waals surface area contributed by atoms with Gasteiger partial charge >= 0.3 is 0 Å². The molecule has 2 heterocycles. The lowest BCUT2D eigenvalue weighted by Gasteiger charge is -2.29. The molecule has 1 atom stereocenters. The summed E-state index contributed by atoms with van der Waals surface area (Å²) >= 11 is 0. The van der Waals surface area contributed by atoms with Crippen molar-refractivity contribution in [3.05, 3.63) is 155 Å². The number of amides is 1. The summed E-state index contributed by atoms with van der Waals surface area (Å²) in [5.74, 6) is 0.803. The number of hydrogen-bond donors (Lipinski definition) is 2. The molecule has 7 heteroatoms. The number of aryl methyl sites for hydroxylation is 1. The first-order valence-corrected chi connectivity index (χ1v) is 19.8. The molecule has 1 amide bonds. The number of H-pyrrole nitrogens is 1. The third kappa shape index (κ3) is 7.80. The van der Waals surface area contributed by atoms with Crippen molar-refractivity contribution < 1.29 is 24.2 Å². The number of carbonyl (C=O) groups is 3. The largest absolute Gasteiger partial charge is 0.508 e. The minimum atomic E-state index is -0.508. The van der Waals surface area contributed by atoms with Crippen LogP contribution in [0.15, 0.2) is 121 Å². The van der Waals surface area contributed by atoms with E-state index in [0.29, 0.717) is 31.6 Å². The van der Waals surface area contributed by atoms with Crippen LogP contribution in [0.25, 0.3) is 33.2 Å². The predicted octanol–water partition coefficient (Wildman–Crippen LogP) is 10.3. The second-order valence-corrected chi connectivity index (χ2v) is 14.9. The molecule has 2 aliphatic rings. The van der Waals surface area contributed by atoms with Crippen LogP contribution in [0.2, 0.25) is 0 Å². The number of nitrogens with one attached hydrogen (secondary N) is 1. The van der Waals surface area contributed by atoms with Gasteiger partial charge in [0, 0.05) is 35.1 Å². The van der Waals surface area contributed by atoms with Crippen LogP contribution in [-0.2, 0) is 22.6 Å². The molecular formula is C49H46N2O5. The van der Waals surface area contributed by atoms with E-state index in [1.807, 2.05) is 42.5 Å². The summed E-state index contributed by atoms with van der Waals surface area (Å²) in [6, 6.07) is 40.3. The summed E-state index contributed by atoms with van der Waals surface area (Å²) in [5, 5.41) is 11.1. The van der Waals surface area contributed by atoms with Crippen molar-refractivity contribution in [3.8, 4) is 22.6 Å². The molecule has 0 saturated heterocycles. The molecule has 0 bridgehead atoms. The highest BCUT2D eigenvalue weighted by Crippen LogP contribution is 2.36. The van der Waals surface area contributed by atoms with Crippen LogP contribution in [0.4, 0.5) is 0 Å². The Kier molecular flexibility index (Phi) is 10.7. The Morgan fingerprint density at radius 1 is 0.786 bits per heavy atom. The molecule has 1 aliphatic carbocycles. The highest BCUT2D eigenvalue weighted by atomic mass is 16.5. The van der Waals surface area contributed by atoms with E-state index in [9.17, 15) is 19.5 Å². The second-order valence-electron chi connectivity index (χ2n) is 14.9. The fourth-order valence-corrected chi connectivity index (χ4v) is 8.28. The number of allylic oxidation sites excluding steroid dienone is 1. The summed E-state index contributed by atoms with van der Waals surface area (Å²) in [7, 11) is 0. The Bertz CT molecular complexity index is 2430. The van der Waals surface area contributed by atoms with Gasteiger partial charge in [-0.25, -0.2) is 0 Å². The molecule has 2 N–H and O–H groups in total. The van der Waals surface area contributed by atoms with Crippen molar-refractivity contribution in [2.75, 3.05) is 6.61 Å². The van der Waals surface area contributed by atoms with Crippen LogP contribution in [0.5, 0.6) is 11.5 Å². The second kappa shape index (κ2) is 16.3. The Hall–Kier alpha value is -6.21.